The van der Waals surface area contributed by atoms with E-state index >= 15 is 0 Å². The molecule has 0 fully saturated rings. The van der Waals surface area contributed by atoms with Gasteiger partial charge in [-0.15, -0.1) is 0 Å². The van der Waals surface area contributed by atoms with Crippen LogP contribution < -0.4 is 15.7 Å². The number of unbranched alkanes of at least 4 members (excludes halogenated alkanes) is 2. The second-order valence-corrected chi connectivity index (χ2v) is 4.97. The van der Waals surface area contributed by atoms with E-state index in [2.05, 4.69) is 25.3 Å². The smallest absolute Gasteiger partial charge is 0.412 e. The van der Waals surface area contributed by atoms with E-state index in [-0.39, 0.29) is 17.5 Å². The molecule has 0 atom stereocenters. The minimum absolute atomic E-state index is 0.0880. The lowest BCUT2D eigenvalue weighted by Gasteiger charge is -2.08. The molecule has 0 aliphatic rings. The summed E-state index contributed by atoms with van der Waals surface area (Å²) < 4.78 is 10.5. The summed E-state index contributed by atoms with van der Waals surface area (Å²) in [4.78, 5) is 36.5. The molecule has 126 valence electrons. The summed E-state index contributed by atoms with van der Waals surface area (Å²) in [5, 5.41) is 2.51. The van der Waals surface area contributed by atoms with Crippen molar-refractivity contribution in [3.63, 3.8) is 0 Å². The van der Waals surface area contributed by atoms with E-state index in [4.69, 9.17) is 9.47 Å². The van der Waals surface area contributed by atoms with Gasteiger partial charge in [-0.2, -0.15) is 9.97 Å². The van der Waals surface area contributed by atoms with Gasteiger partial charge in [-0.05, 0) is 12.8 Å². The van der Waals surface area contributed by atoms with Crippen LogP contribution in [0.2, 0.25) is 0 Å². The van der Waals surface area contributed by atoms with Gasteiger partial charge in [-0.3, -0.25) is 10.3 Å². The fraction of sp³-hybridized carbons (Fsp3) is 0.571. The van der Waals surface area contributed by atoms with Crippen LogP contribution in [-0.4, -0.2) is 39.2 Å². The molecular weight excluding hydrogens is 302 g/mol. The molecule has 9 nitrogen and oxygen atoms in total. The summed E-state index contributed by atoms with van der Waals surface area (Å²) in [6.07, 6.45) is 2.88. The summed E-state index contributed by atoms with van der Waals surface area (Å²) >= 11 is 0. The largest absolute Gasteiger partial charge is 0.463 e. The predicted molar refractivity (Wildman–Crippen MR) is 84.8 cm³/mol. The van der Waals surface area contributed by atoms with E-state index in [0.717, 1.165) is 25.7 Å². The molecule has 0 saturated heterocycles. The number of hydrogen-bond donors (Lipinski definition) is 3. The molecule has 2 rings (SSSR count). The van der Waals surface area contributed by atoms with Crippen molar-refractivity contribution in [2.24, 2.45) is 0 Å². The molecule has 0 saturated carbocycles. The lowest BCUT2D eigenvalue weighted by molar-refractivity contribution is 0.160. The first-order valence-corrected chi connectivity index (χ1v) is 7.70. The summed E-state index contributed by atoms with van der Waals surface area (Å²) in [5.41, 5.74) is 0.119. The summed E-state index contributed by atoms with van der Waals surface area (Å²) in [7, 11) is 0. The van der Waals surface area contributed by atoms with Crippen LogP contribution in [0.4, 0.5) is 10.6 Å². The second kappa shape index (κ2) is 8.16. The van der Waals surface area contributed by atoms with E-state index in [1.807, 2.05) is 13.8 Å². The Labute approximate surface area is 132 Å². The maximum atomic E-state index is 11.8. The van der Waals surface area contributed by atoms with Crippen LogP contribution in [0, 0.1) is 0 Å². The lowest BCUT2D eigenvalue weighted by Crippen LogP contribution is -2.16. The molecular formula is C14H21N5O4. The summed E-state index contributed by atoms with van der Waals surface area (Å²) in [5.74, 6) is 0.140. The lowest BCUT2D eigenvalue weighted by atomic mass is 10.4. The van der Waals surface area contributed by atoms with Gasteiger partial charge in [0.15, 0.2) is 11.5 Å². The third-order valence-corrected chi connectivity index (χ3v) is 3.04. The average Bonchev–Trinajstić information content (AvgIpc) is 2.88. The van der Waals surface area contributed by atoms with Gasteiger partial charge in [-0.1, -0.05) is 26.7 Å². The zero-order valence-electron chi connectivity index (χ0n) is 13.3. The fourth-order valence-corrected chi connectivity index (χ4v) is 1.81. The van der Waals surface area contributed by atoms with Crippen LogP contribution in [0.3, 0.4) is 0 Å². The monoisotopic (exact) mass is 323 g/mol. The Bertz CT molecular complexity index is 709. The Morgan fingerprint density at radius 2 is 1.87 bits per heavy atom. The first kappa shape index (κ1) is 16.8. The highest BCUT2D eigenvalue weighted by molar-refractivity contribution is 5.93. The van der Waals surface area contributed by atoms with E-state index in [1.165, 1.54) is 0 Å². The van der Waals surface area contributed by atoms with Crippen molar-refractivity contribution in [3.8, 4) is 6.01 Å². The van der Waals surface area contributed by atoms with Crippen LogP contribution in [0.1, 0.15) is 39.5 Å². The maximum Gasteiger partial charge on any atom is 0.412 e. The molecule has 23 heavy (non-hydrogen) atoms. The standard InChI is InChI=1S/C14H21N5O4/c1-3-5-7-22-13-17-10-9(15-12(20)16-10)11(18-13)19-14(21)23-8-6-4-2/h3-8H2,1-2H3,(H3,15,16,17,18,19,20,21). The Morgan fingerprint density at radius 1 is 1.13 bits per heavy atom. The zero-order valence-corrected chi connectivity index (χ0v) is 13.3. The quantitative estimate of drug-likeness (QED) is 0.640. The molecule has 2 aromatic heterocycles. The van der Waals surface area contributed by atoms with Crippen molar-refractivity contribution < 1.29 is 14.3 Å². The van der Waals surface area contributed by atoms with E-state index in [0.29, 0.717) is 18.7 Å². The van der Waals surface area contributed by atoms with Crippen LogP contribution >= 0.6 is 0 Å². The first-order chi connectivity index (χ1) is 11.1. The molecule has 3 N–H and O–H groups in total. The Hall–Kier alpha value is -2.58. The minimum atomic E-state index is -0.639. The number of imidazole rings is 1. The SMILES string of the molecule is CCCCOC(=O)Nc1nc(OCCCC)nc2[nH]c(=O)[nH]c12. The van der Waals surface area contributed by atoms with Crippen LogP contribution in [-0.2, 0) is 4.74 Å². The van der Waals surface area contributed by atoms with Gasteiger partial charge in [0.25, 0.3) is 0 Å². The molecule has 2 heterocycles. The Balaban J connectivity index is 2.18. The van der Waals surface area contributed by atoms with Gasteiger partial charge in [-0.25, -0.2) is 9.59 Å². The molecule has 0 unspecified atom stereocenters. The minimum Gasteiger partial charge on any atom is -0.463 e. The van der Waals surface area contributed by atoms with Gasteiger partial charge in [0.05, 0.1) is 13.2 Å². The van der Waals surface area contributed by atoms with E-state index in [1.54, 1.807) is 0 Å². The van der Waals surface area contributed by atoms with Gasteiger partial charge >= 0.3 is 17.8 Å². The van der Waals surface area contributed by atoms with Crippen LogP contribution in [0.15, 0.2) is 4.79 Å². The molecule has 0 radical (unpaired) electrons. The number of hydrogen-bond acceptors (Lipinski definition) is 6. The number of carbonyl (C=O) groups is 1. The van der Waals surface area contributed by atoms with Gasteiger partial charge in [0, 0.05) is 0 Å². The number of aromatic nitrogens is 4. The van der Waals surface area contributed by atoms with E-state index in [9.17, 15) is 9.59 Å². The normalized spacial score (nSPS) is 10.7. The molecule has 0 aromatic carbocycles. The van der Waals surface area contributed by atoms with Gasteiger partial charge < -0.3 is 14.5 Å². The molecule has 2 aromatic rings. The second-order valence-electron chi connectivity index (χ2n) is 4.97. The topological polar surface area (TPSA) is 122 Å². The Morgan fingerprint density at radius 3 is 2.61 bits per heavy atom. The van der Waals surface area contributed by atoms with Crippen LogP contribution in [0.25, 0.3) is 11.2 Å². The highest BCUT2D eigenvalue weighted by Gasteiger charge is 2.14. The maximum absolute atomic E-state index is 11.8. The number of aromatic amines is 2. The average molecular weight is 323 g/mol. The number of anilines is 1. The van der Waals surface area contributed by atoms with E-state index < -0.39 is 11.8 Å². The van der Waals surface area contributed by atoms with Crippen molar-refractivity contribution in [1.82, 2.24) is 19.9 Å². The highest BCUT2D eigenvalue weighted by atomic mass is 16.5. The highest BCUT2D eigenvalue weighted by Crippen LogP contribution is 2.19. The molecule has 9 heteroatoms. The van der Waals surface area contributed by atoms with Gasteiger partial charge in [0.2, 0.25) is 0 Å². The van der Waals surface area contributed by atoms with Gasteiger partial charge in [0.1, 0.15) is 5.52 Å². The number of H-pyrrole nitrogens is 2. The summed E-state index contributed by atoms with van der Waals surface area (Å²) in [6, 6.07) is 0.0880. The van der Waals surface area contributed by atoms with Crippen molar-refractivity contribution in [2.75, 3.05) is 18.5 Å². The molecule has 0 spiro atoms. The zero-order chi connectivity index (χ0) is 16.7. The number of carbonyl (C=O) groups excluding carboxylic acids is 1. The molecule has 0 aliphatic heterocycles. The molecule has 1 amide bonds. The van der Waals surface area contributed by atoms with Crippen molar-refractivity contribution in [2.45, 2.75) is 39.5 Å². The number of amides is 1. The molecule has 0 aliphatic carbocycles. The van der Waals surface area contributed by atoms with Crippen molar-refractivity contribution in [1.29, 1.82) is 0 Å². The number of rotatable bonds is 8. The van der Waals surface area contributed by atoms with Crippen LogP contribution in [0.5, 0.6) is 6.01 Å². The van der Waals surface area contributed by atoms with Crippen molar-refractivity contribution >= 4 is 23.1 Å². The number of nitrogens with one attached hydrogen (secondary N) is 3. The number of fused-ring (bicyclic) bond motifs is 1. The van der Waals surface area contributed by atoms with Crippen molar-refractivity contribution in [3.05, 3.63) is 10.5 Å². The number of ether oxygens (including phenoxy) is 2. The third kappa shape index (κ3) is 4.70. The fourth-order valence-electron chi connectivity index (χ4n) is 1.81. The number of nitrogens with zero attached hydrogens (tertiary/aromatic N) is 2. The molecule has 0 bridgehead atoms. The third-order valence-electron chi connectivity index (χ3n) is 3.04. The summed E-state index contributed by atoms with van der Waals surface area (Å²) in [6.45, 7) is 4.81. The predicted octanol–water partition coefficient (Wildman–Crippen LogP) is 2.17. The first-order valence-electron chi connectivity index (χ1n) is 7.70. The Kier molecular flexibility index (Phi) is 5.95.